The maximum absolute atomic E-state index is 12.6. The van der Waals surface area contributed by atoms with Gasteiger partial charge in [0.2, 0.25) is 0 Å². The van der Waals surface area contributed by atoms with Crippen molar-refractivity contribution in [3.05, 3.63) is 48.6 Å². The van der Waals surface area contributed by atoms with Gasteiger partial charge in [-0.2, -0.15) is 0 Å². The van der Waals surface area contributed by atoms with Crippen molar-refractivity contribution in [2.45, 2.75) is 232 Å². The average molecular weight is 699 g/mol. The molecule has 0 bridgehead atoms. The van der Waals surface area contributed by atoms with E-state index >= 15 is 0 Å². The summed E-state index contributed by atoms with van der Waals surface area (Å²) in [6, 6.07) is 0. The zero-order valence-electron chi connectivity index (χ0n) is 33.2. The number of hydrogen-bond donors (Lipinski definition) is 1. The van der Waals surface area contributed by atoms with Gasteiger partial charge < -0.3 is 9.84 Å². The molecule has 0 aromatic heterocycles. The van der Waals surface area contributed by atoms with Gasteiger partial charge in [0.15, 0.2) is 0 Å². The van der Waals surface area contributed by atoms with Crippen molar-refractivity contribution in [2.24, 2.45) is 0 Å². The molecule has 0 aliphatic rings. The van der Waals surface area contributed by atoms with Crippen LogP contribution in [0, 0.1) is 0 Å². The van der Waals surface area contributed by atoms with Gasteiger partial charge in [0.1, 0.15) is 6.10 Å². The Morgan fingerprint density at radius 3 is 1.40 bits per heavy atom. The van der Waals surface area contributed by atoms with Gasteiger partial charge in [-0.1, -0.05) is 185 Å². The minimum atomic E-state index is -0.705. The molecule has 0 aliphatic carbocycles. The normalized spacial score (nSPS) is 12.7. The second-order valence-corrected chi connectivity index (χ2v) is 14.5. The van der Waals surface area contributed by atoms with Crippen LogP contribution in [0.4, 0.5) is 0 Å². The molecule has 1 atom stereocenters. The van der Waals surface area contributed by atoms with Crippen LogP contribution < -0.4 is 0 Å². The Bertz CT molecular complexity index is 839. The lowest BCUT2D eigenvalue weighted by Crippen LogP contribution is -2.16. The molecule has 4 heteroatoms. The number of ether oxygens (including phenoxy) is 1. The SMILES string of the molecule is CC/C=C\C/C=C\C/C=C\C(CCCCCCCCC(=O)O)OC(=O)CCCCCCCCCCCCC/C=C\CCCCCCCCCC. The summed E-state index contributed by atoms with van der Waals surface area (Å²) < 4.78 is 5.90. The number of carboxylic acid groups (broad SMARTS) is 1. The first kappa shape index (κ1) is 47.9. The third-order valence-corrected chi connectivity index (χ3v) is 9.52. The number of esters is 1. The number of carbonyl (C=O) groups excluding carboxylic acids is 1. The molecule has 4 nitrogen and oxygen atoms in total. The molecule has 50 heavy (non-hydrogen) atoms. The molecule has 0 radical (unpaired) electrons. The fourth-order valence-corrected chi connectivity index (χ4v) is 6.35. The van der Waals surface area contributed by atoms with Crippen LogP contribution in [0.1, 0.15) is 226 Å². The van der Waals surface area contributed by atoms with E-state index in [1.165, 1.54) is 122 Å². The second kappa shape index (κ2) is 41.3. The molecule has 0 fully saturated rings. The topological polar surface area (TPSA) is 63.6 Å². The first-order chi connectivity index (χ1) is 24.6. The zero-order valence-corrected chi connectivity index (χ0v) is 33.2. The van der Waals surface area contributed by atoms with E-state index < -0.39 is 5.97 Å². The molecule has 0 heterocycles. The molecule has 0 saturated carbocycles. The highest BCUT2D eigenvalue weighted by Gasteiger charge is 2.11. The number of rotatable bonds is 39. The molecule has 0 aromatic rings. The minimum Gasteiger partial charge on any atom is -0.481 e. The van der Waals surface area contributed by atoms with Gasteiger partial charge in [-0.05, 0) is 76.7 Å². The number of aliphatic carboxylic acids is 1. The number of unbranched alkanes of at least 4 members (excludes halogenated alkanes) is 24. The third-order valence-electron chi connectivity index (χ3n) is 9.52. The summed E-state index contributed by atoms with van der Waals surface area (Å²) in [5, 5.41) is 8.78. The van der Waals surface area contributed by atoms with Crippen LogP contribution in [0.5, 0.6) is 0 Å². The van der Waals surface area contributed by atoms with Crippen LogP contribution in [0.15, 0.2) is 48.6 Å². The van der Waals surface area contributed by atoms with E-state index in [9.17, 15) is 9.59 Å². The lowest BCUT2D eigenvalue weighted by atomic mass is 10.0. The molecule has 1 unspecified atom stereocenters. The summed E-state index contributed by atoms with van der Waals surface area (Å²) in [7, 11) is 0. The van der Waals surface area contributed by atoms with E-state index in [0.29, 0.717) is 6.42 Å². The number of carbonyl (C=O) groups is 2. The predicted molar refractivity (Wildman–Crippen MR) is 218 cm³/mol. The Labute approximate surface area is 311 Å². The maximum atomic E-state index is 12.6. The molecular weight excluding hydrogens is 617 g/mol. The van der Waals surface area contributed by atoms with Crippen LogP contribution >= 0.6 is 0 Å². The summed E-state index contributed by atoms with van der Waals surface area (Å²) in [5.74, 6) is -0.768. The number of hydrogen-bond acceptors (Lipinski definition) is 3. The Morgan fingerprint density at radius 2 is 0.900 bits per heavy atom. The van der Waals surface area contributed by atoms with Crippen LogP contribution in [0.3, 0.4) is 0 Å². The summed E-state index contributed by atoms with van der Waals surface area (Å²) in [6.45, 7) is 4.43. The quantitative estimate of drug-likeness (QED) is 0.0394. The maximum Gasteiger partial charge on any atom is 0.306 e. The van der Waals surface area contributed by atoms with Crippen molar-refractivity contribution < 1.29 is 19.4 Å². The van der Waals surface area contributed by atoms with Crippen LogP contribution in [-0.2, 0) is 14.3 Å². The Kier molecular flexibility index (Phi) is 39.6. The molecule has 1 N–H and O–H groups in total. The van der Waals surface area contributed by atoms with Gasteiger partial charge in [-0.15, -0.1) is 0 Å². The standard InChI is InChI=1S/C46H82O4/c1-3-5-7-9-11-13-14-15-16-17-18-19-20-21-22-23-24-25-26-27-29-35-39-43-46(49)50-44(40-36-32-28-12-10-8-6-4-2)41-37-33-30-31-34-38-42-45(47)48/h6,8,12,17-18,28,36,40,44H,3-5,7,9-11,13-16,19-27,29-35,37-39,41-43H2,1-2H3,(H,47,48)/b8-6-,18-17-,28-12-,40-36-. The van der Waals surface area contributed by atoms with Crippen LogP contribution in [0.25, 0.3) is 0 Å². The van der Waals surface area contributed by atoms with Crippen molar-refractivity contribution in [3.63, 3.8) is 0 Å². The minimum absolute atomic E-state index is 0.0625. The Hall–Kier alpha value is -2.10. The molecule has 290 valence electrons. The van der Waals surface area contributed by atoms with Crippen molar-refractivity contribution in [3.8, 4) is 0 Å². The van der Waals surface area contributed by atoms with Crippen LogP contribution in [0.2, 0.25) is 0 Å². The Balaban J connectivity index is 3.88. The van der Waals surface area contributed by atoms with E-state index in [0.717, 1.165) is 77.0 Å². The average Bonchev–Trinajstić information content (AvgIpc) is 3.10. The van der Waals surface area contributed by atoms with Gasteiger partial charge in [-0.3, -0.25) is 9.59 Å². The lowest BCUT2D eigenvalue weighted by molar-refractivity contribution is -0.147. The monoisotopic (exact) mass is 699 g/mol. The van der Waals surface area contributed by atoms with Gasteiger partial charge >= 0.3 is 11.9 Å². The highest BCUT2D eigenvalue weighted by Crippen LogP contribution is 2.16. The lowest BCUT2D eigenvalue weighted by Gasteiger charge is -2.14. The van der Waals surface area contributed by atoms with Gasteiger partial charge in [-0.25, -0.2) is 0 Å². The highest BCUT2D eigenvalue weighted by atomic mass is 16.5. The van der Waals surface area contributed by atoms with Crippen molar-refractivity contribution in [2.75, 3.05) is 0 Å². The second-order valence-electron chi connectivity index (χ2n) is 14.5. The molecule has 0 spiro atoms. The molecule has 0 aromatic carbocycles. The molecule has 0 aliphatic heterocycles. The molecular formula is C46H82O4. The summed E-state index contributed by atoms with van der Waals surface area (Å²) in [6.07, 6.45) is 56.0. The first-order valence-corrected chi connectivity index (χ1v) is 21.6. The van der Waals surface area contributed by atoms with E-state index in [1.807, 2.05) is 0 Å². The molecule has 0 amide bonds. The first-order valence-electron chi connectivity index (χ1n) is 21.6. The van der Waals surface area contributed by atoms with Crippen molar-refractivity contribution in [1.29, 1.82) is 0 Å². The van der Waals surface area contributed by atoms with E-state index in [4.69, 9.17) is 9.84 Å². The third kappa shape index (κ3) is 40.3. The smallest absolute Gasteiger partial charge is 0.306 e. The zero-order chi connectivity index (χ0) is 36.4. The number of allylic oxidation sites excluding steroid dienone is 7. The predicted octanol–water partition coefficient (Wildman–Crippen LogP) is 15.1. The summed E-state index contributed by atoms with van der Waals surface area (Å²) in [5.41, 5.74) is 0. The van der Waals surface area contributed by atoms with Gasteiger partial charge in [0.25, 0.3) is 0 Å². The van der Waals surface area contributed by atoms with Crippen molar-refractivity contribution in [1.82, 2.24) is 0 Å². The largest absolute Gasteiger partial charge is 0.481 e. The van der Waals surface area contributed by atoms with Gasteiger partial charge in [0.05, 0.1) is 0 Å². The highest BCUT2D eigenvalue weighted by molar-refractivity contribution is 5.69. The van der Waals surface area contributed by atoms with Gasteiger partial charge in [0, 0.05) is 12.8 Å². The summed E-state index contributed by atoms with van der Waals surface area (Å²) in [4.78, 5) is 23.3. The summed E-state index contributed by atoms with van der Waals surface area (Å²) >= 11 is 0. The van der Waals surface area contributed by atoms with Crippen molar-refractivity contribution >= 4 is 11.9 Å². The van der Waals surface area contributed by atoms with E-state index in [2.05, 4.69) is 62.5 Å². The fourth-order valence-electron chi connectivity index (χ4n) is 6.35. The molecule has 0 saturated heterocycles. The fraction of sp³-hybridized carbons (Fsp3) is 0.783. The Morgan fingerprint density at radius 1 is 0.480 bits per heavy atom. The van der Waals surface area contributed by atoms with E-state index in [1.54, 1.807) is 0 Å². The van der Waals surface area contributed by atoms with E-state index in [-0.39, 0.29) is 18.5 Å². The number of carboxylic acids is 1. The molecule has 0 rings (SSSR count). The van der Waals surface area contributed by atoms with Crippen LogP contribution in [-0.4, -0.2) is 23.1 Å².